The molecule has 16 heavy (non-hydrogen) atoms. The lowest BCUT2D eigenvalue weighted by Gasteiger charge is -2.08. The summed E-state index contributed by atoms with van der Waals surface area (Å²) in [4.78, 5) is 10.3. The molecule has 0 aliphatic carbocycles. The van der Waals surface area contributed by atoms with Gasteiger partial charge in [-0.1, -0.05) is 23.8 Å². The zero-order valence-corrected chi connectivity index (χ0v) is 9.75. The lowest BCUT2D eigenvalue weighted by atomic mass is 10.1. The lowest BCUT2D eigenvalue weighted by molar-refractivity contribution is 0.157. The van der Waals surface area contributed by atoms with Gasteiger partial charge in [0.25, 0.3) is 0 Å². The van der Waals surface area contributed by atoms with Crippen LogP contribution in [0.1, 0.15) is 16.7 Å². The molecule has 0 aliphatic heterocycles. The highest BCUT2D eigenvalue weighted by molar-refractivity contribution is 5.64. The van der Waals surface area contributed by atoms with Gasteiger partial charge in [-0.3, -0.25) is 0 Å². The van der Waals surface area contributed by atoms with Gasteiger partial charge in [0.15, 0.2) is 0 Å². The van der Waals surface area contributed by atoms with Crippen LogP contribution in [-0.4, -0.2) is 19.2 Å². The minimum absolute atomic E-state index is 0.306. The predicted octanol–water partition coefficient (Wildman–Crippen LogP) is 1.49. The molecular formula is C12H18N2O2. The summed E-state index contributed by atoms with van der Waals surface area (Å²) in [6.07, 6.45) is -0.728. The molecule has 0 unspecified atom stereocenters. The Bertz CT molecular complexity index is 364. The molecule has 0 saturated carbocycles. The van der Waals surface area contributed by atoms with Crippen molar-refractivity contribution in [2.75, 3.05) is 13.2 Å². The van der Waals surface area contributed by atoms with Crippen molar-refractivity contribution in [3.63, 3.8) is 0 Å². The van der Waals surface area contributed by atoms with Crippen molar-refractivity contribution in [1.29, 1.82) is 0 Å². The summed E-state index contributed by atoms with van der Waals surface area (Å²) in [5, 5.41) is 3.18. The van der Waals surface area contributed by atoms with Crippen LogP contribution in [0, 0.1) is 13.8 Å². The Morgan fingerprint density at radius 2 is 2.19 bits per heavy atom. The number of carbonyl (C=O) groups is 1. The second kappa shape index (κ2) is 6.12. The van der Waals surface area contributed by atoms with Crippen LogP contribution in [-0.2, 0) is 11.3 Å². The van der Waals surface area contributed by atoms with Crippen LogP contribution < -0.4 is 11.1 Å². The highest BCUT2D eigenvalue weighted by Crippen LogP contribution is 2.09. The van der Waals surface area contributed by atoms with Crippen molar-refractivity contribution >= 4 is 6.09 Å². The Morgan fingerprint density at radius 1 is 1.44 bits per heavy atom. The van der Waals surface area contributed by atoms with Gasteiger partial charge in [0, 0.05) is 13.1 Å². The van der Waals surface area contributed by atoms with Crippen LogP contribution in [0.2, 0.25) is 0 Å². The summed E-state index contributed by atoms with van der Waals surface area (Å²) in [7, 11) is 0. The maximum Gasteiger partial charge on any atom is 0.404 e. The molecular weight excluding hydrogens is 204 g/mol. The van der Waals surface area contributed by atoms with E-state index in [1.54, 1.807) is 0 Å². The largest absolute Gasteiger partial charge is 0.448 e. The van der Waals surface area contributed by atoms with Crippen molar-refractivity contribution in [3.05, 3.63) is 34.9 Å². The van der Waals surface area contributed by atoms with Gasteiger partial charge in [-0.05, 0) is 25.0 Å². The monoisotopic (exact) mass is 222 g/mol. The Balaban J connectivity index is 2.29. The third-order valence-electron chi connectivity index (χ3n) is 2.34. The van der Waals surface area contributed by atoms with E-state index in [1.807, 2.05) is 0 Å². The topological polar surface area (TPSA) is 64.3 Å². The van der Waals surface area contributed by atoms with E-state index >= 15 is 0 Å². The third-order valence-corrected chi connectivity index (χ3v) is 2.34. The number of aryl methyl sites for hydroxylation is 2. The van der Waals surface area contributed by atoms with Crippen molar-refractivity contribution in [2.24, 2.45) is 5.73 Å². The van der Waals surface area contributed by atoms with Crippen LogP contribution >= 0.6 is 0 Å². The maximum absolute atomic E-state index is 10.3. The quantitative estimate of drug-likeness (QED) is 0.742. The number of nitrogens with two attached hydrogens (primary N) is 1. The fraction of sp³-hybridized carbons (Fsp3) is 0.417. The number of nitrogens with one attached hydrogen (secondary N) is 1. The van der Waals surface area contributed by atoms with Crippen LogP contribution in [0.3, 0.4) is 0 Å². The highest BCUT2D eigenvalue weighted by Gasteiger charge is 1.98. The van der Waals surface area contributed by atoms with E-state index in [9.17, 15) is 4.79 Å². The first-order valence-corrected chi connectivity index (χ1v) is 5.28. The molecule has 1 aromatic carbocycles. The Kier molecular flexibility index (Phi) is 4.79. The molecule has 0 fully saturated rings. The zero-order valence-electron chi connectivity index (χ0n) is 9.75. The Morgan fingerprint density at radius 3 is 2.81 bits per heavy atom. The number of amides is 1. The van der Waals surface area contributed by atoms with E-state index in [-0.39, 0.29) is 0 Å². The van der Waals surface area contributed by atoms with E-state index < -0.39 is 6.09 Å². The molecule has 88 valence electrons. The van der Waals surface area contributed by atoms with E-state index in [0.717, 1.165) is 6.54 Å². The molecule has 0 atom stereocenters. The molecule has 4 nitrogen and oxygen atoms in total. The van der Waals surface area contributed by atoms with Crippen molar-refractivity contribution in [3.8, 4) is 0 Å². The van der Waals surface area contributed by atoms with E-state index in [2.05, 4.69) is 42.1 Å². The molecule has 1 rings (SSSR count). The second-order valence-corrected chi connectivity index (χ2v) is 3.77. The van der Waals surface area contributed by atoms with E-state index in [0.29, 0.717) is 13.2 Å². The lowest BCUT2D eigenvalue weighted by Crippen LogP contribution is -2.23. The van der Waals surface area contributed by atoms with Gasteiger partial charge >= 0.3 is 6.09 Å². The maximum atomic E-state index is 10.3. The minimum Gasteiger partial charge on any atom is -0.448 e. The van der Waals surface area contributed by atoms with Gasteiger partial charge in [-0.15, -0.1) is 0 Å². The summed E-state index contributed by atoms with van der Waals surface area (Å²) in [5.74, 6) is 0. The van der Waals surface area contributed by atoms with Crippen molar-refractivity contribution in [1.82, 2.24) is 5.32 Å². The molecule has 3 N–H and O–H groups in total. The summed E-state index contributed by atoms with van der Waals surface area (Å²) >= 11 is 0. The fourth-order valence-corrected chi connectivity index (χ4v) is 1.49. The van der Waals surface area contributed by atoms with E-state index in [4.69, 9.17) is 5.73 Å². The molecule has 0 heterocycles. The standard InChI is InChI=1S/C12H18N2O2/c1-9-3-4-11(10(2)7-9)8-14-5-6-16-12(13)15/h3-4,7,14H,5-6,8H2,1-2H3,(H2,13,15). The highest BCUT2D eigenvalue weighted by atomic mass is 16.5. The molecule has 0 saturated heterocycles. The number of rotatable bonds is 5. The van der Waals surface area contributed by atoms with Gasteiger partial charge in [0.2, 0.25) is 0 Å². The first kappa shape index (κ1) is 12.5. The minimum atomic E-state index is -0.728. The first-order valence-electron chi connectivity index (χ1n) is 5.28. The molecule has 0 spiro atoms. The Hall–Kier alpha value is -1.55. The molecule has 1 amide bonds. The average Bonchev–Trinajstić information content (AvgIpc) is 2.20. The van der Waals surface area contributed by atoms with Crippen LogP contribution in [0.15, 0.2) is 18.2 Å². The summed E-state index contributed by atoms with van der Waals surface area (Å²) < 4.78 is 4.61. The first-order chi connectivity index (χ1) is 7.59. The second-order valence-electron chi connectivity index (χ2n) is 3.77. The van der Waals surface area contributed by atoms with Crippen LogP contribution in [0.5, 0.6) is 0 Å². The normalized spacial score (nSPS) is 10.1. The van der Waals surface area contributed by atoms with Crippen LogP contribution in [0.4, 0.5) is 4.79 Å². The average molecular weight is 222 g/mol. The molecule has 1 aromatic rings. The fourth-order valence-electron chi connectivity index (χ4n) is 1.49. The number of hydrogen-bond acceptors (Lipinski definition) is 3. The Labute approximate surface area is 95.8 Å². The van der Waals surface area contributed by atoms with Gasteiger partial charge in [0.05, 0.1) is 0 Å². The van der Waals surface area contributed by atoms with Crippen LogP contribution in [0.25, 0.3) is 0 Å². The van der Waals surface area contributed by atoms with E-state index in [1.165, 1.54) is 16.7 Å². The number of hydrogen-bond donors (Lipinski definition) is 2. The third kappa shape index (κ3) is 4.31. The van der Waals surface area contributed by atoms with Crippen molar-refractivity contribution < 1.29 is 9.53 Å². The molecule has 0 aliphatic rings. The molecule has 4 heteroatoms. The molecule has 0 bridgehead atoms. The number of primary amides is 1. The van der Waals surface area contributed by atoms with Gasteiger partial charge < -0.3 is 15.8 Å². The smallest absolute Gasteiger partial charge is 0.404 e. The van der Waals surface area contributed by atoms with Crippen molar-refractivity contribution in [2.45, 2.75) is 20.4 Å². The van der Waals surface area contributed by atoms with Gasteiger partial charge in [-0.25, -0.2) is 4.79 Å². The number of benzene rings is 1. The number of carbonyl (C=O) groups excluding carboxylic acids is 1. The predicted molar refractivity (Wildman–Crippen MR) is 63.2 cm³/mol. The number of ether oxygens (including phenoxy) is 1. The zero-order chi connectivity index (χ0) is 12.0. The molecule has 0 radical (unpaired) electrons. The van der Waals surface area contributed by atoms with Gasteiger partial charge in [-0.2, -0.15) is 0 Å². The summed E-state index contributed by atoms with van der Waals surface area (Å²) in [6, 6.07) is 6.34. The van der Waals surface area contributed by atoms with Gasteiger partial charge in [0.1, 0.15) is 6.61 Å². The summed E-state index contributed by atoms with van der Waals surface area (Å²) in [5.41, 5.74) is 8.62. The molecule has 0 aromatic heterocycles. The SMILES string of the molecule is Cc1ccc(CNCCOC(N)=O)c(C)c1. The summed E-state index contributed by atoms with van der Waals surface area (Å²) in [6.45, 7) is 5.85.